The topological polar surface area (TPSA) is 48.5 Å². The molecule has 0 fully saturated rings. The van der Waals surface area contributed by atoms with Crippen molar-refractivity contribution in [2.75, 3.05) is 0 Å². The van der Waals surface area contributed by atoms with Crippen molar-refractivity contribution in [1.82, 2.24) is 24.8 Å². The van der Waals surface area contributed by atoms with Gasteiger partial charge < -0.3 is 0 Å². The van der Waals surface area contributed by atoms with Gasteiger partial charge in [0.05, 0.1) is 12.7 Å². The average molecular weight is 365 g/mol. The molecule has 3 rings (SSSR count). The number of aryl methyl sites for hydroxylation is 1. The summed E-state index contributed by atoms with van der Waals surface area (Å²) in [5.41, 5.74) is 3.19. The summed E-state index contributed by atoms with van der Waals surface area (Å²) in [7, 11) is 1.86. The Kier molecular flexibility index (Phi) is 3.33. The predicted molar refractivity (Wildman–Crippen MR) is 80.5 cm³/mol. The lowest BCUT2D eigenvalue weighted by molar-refractivity contribution is 0.667. The Morgan fingerprint density at radius 3 is 2.58 bits per heavy atom. The van der Waals surface area contributed by atoms with Gasteiger partial charge in [-0.15, -0.1) is 5.10 Å². The Hall–Kier alpha value is -1.70. The van der Waals surface area contributed by atoms with Crippen LogP contribution in [-0.4, -0.2) is 24.8 Å². The summed E-state index contributed by atoms with van der Waals surface area (Å²) in [4.78, 5) is 0. The highest BCUT2D eigenvalue weighted by atomic mass is 127. The molecular weight excluding hydrogens is 353 g/mol. The molecule has 0 amide bonds. The van der Waals surface area contributed by atoms with Gasteiger partial charge in [0, 0.05) is 28.6 Å². The van der Waals surface area contributed by atoms with Gasteiger partial charge in [-0.25, -0.2) is 0 Å². The molecule has 5 nitrogen and oxygen atoms in total. The quantitative estimate of drug-likeness (QED) is 0.670. The molecule has 0 spiro atoms. The summed E-state index contributed by atoms with van der Waals surface area (Å²) in [6.07, 6.45) is 5.79. The van der Waals surface area contributed by atoms with Gasteiger partial charge in [0.25, 0.3) is 0 Å². The molecule has 0 saturated heterocycles. The van der Waals surface area contributed by atoms with E-state index in [2.05, 4.69) is 62.3 Å². The lowest BCUT2D eigenvalue weighted by Gasteiger charge is -1.97. The molecule has 0 atom stereocenters. The lowest BCUT2D eigenvalue weighted by atomic mass is 10.1. The summed E-state index contributed by atoms with van der Waals surface area (Å²) >= 11 is 2.30. The Balaban J connectivity index is 1.81. The summed E-state index contributed by atoms with van der Waals surface area (Å²) in [6, 6.07) is 8.39. The zero-order valence-electron chi connectivity index (χ0n) is 10.4. The Bertz CT molecular complexity index is 683. The summed E-state index contributed by atoms with van der Waals surface area (Å²) in [5, 5.41) is 12.3. The van der Waals surface area contributed by atoms with E-state index in [0.29, 0.717) is 6.54 Å². The van der Waals surface area contributed by atoms with E-state index >= 15 is 0 Å². The fraction of sp³-hybridized carbons (Fsp3) is 0.154. The van der Waals surface area contributed by atoms with Crippen LogP contribution < -0.4 is 0 Å². The molecule has 0 unspecified atom stereocenters. The third kappa shape index (κ3) is 2.83. The standard InChI is InChI=1S/C13H12IN5/c1-18-8-13(16-17-18)9-19-7-11(6-15-19)10-2-4-12(14)5-3-10/h2-8H,9H2,1H3. The van der Waals surface area contributed by atoms with Crippen molar-refractivity contribution < 1.29 is 0 Å². The number of hydrogen-bond acceptors (Lipinski definition) is 3. The first-order valence-corrected chi connectivity index (χ1v) is 6.92. The highest BCUT2D eigenvalue weighted by Crippen LogP contribution is 2.19. The molecule has 96 valence electrons. The van der Waals surface area contributed by atoms with Crippen molar-refractivity contribution in [3.05, 3.63) is 52.1 Å². The number of aromatic nitrogens is 5. The molecule has 0 radical (unpaired) electrons. The van der Waals surface area contributed by atoms with Gasteiger partial charge in [0.15, 0.2) is 0 Å². The Morgan fingerprint density at radius 2 is 1.89 bits per heavy atom. The van der Waals surface area contributed by atoms with E-state index in [1.165, 1.54) is 9.13 Å². The smallest absolute Gasteiger partial charge is 0.104 e. The number of benzene rings is 1. The third-order valence-corrected chi connectivity index (χ3v) is 3.50. The molecule has 0 aliphatic carbocycles. The van der Waals surface area contributed by atoms with Gasteiger partial charge in [-0.05, 0) is 40.3 Å². The van der Waals surface area contributed by atoms with E-state index in [0.717, 1.165) is 11.3 Å². The van der Waals surface area contributed by atoms with Gasteiger partial charge >= 0.3 is 0 Å². The maximum Gasteiger partial charge on any atom is 0.104 e. The minimum absolute atomic E-state index is 0.637. The Morgan fingerprint density at radius 1 is 1.11 bits per heavy atom. The average Bonchev–Trinajstić information content (AvgIpc) is 3.00. The molecule has 1 aromatic carbocycles. The van der Waals surface area contributed by atoms with E-state index in [9.17, 15) is 0 Å². The maximum atomic E-state index is 4.36. The molecule has 6 heteroatoms. The van der Waals surface area contributed by atoms with Crippen LogP contribution in [0.15, 0.2) is 42.9 Å². The predicted octanol–water partition coefficient (Wildman–Crippen LogP) is 2.33. The number of nitrogens with zero attached hydrogens (tertiary/aromatic N) is 5. The number of halogens is 1. The largest absolute Gasteiger partial charge is 0.266 e. The van der Waals surface area contributed by atoms with Crippen molar-refractivity contribution >= 4 is 22.6 Å². The number of hydrogen-bond donors (Lipinski definition) is 0. The highest BCUT2D eigenvalue weighted by Gasteiger charge is 2.04. The normalized spacial score (nSPS) is 10.8. The van der Waals surface area contributed by atoms with Crippen LogP contribution in [-0.2, 0) is 13.6 Å². The van der Waals surface area contributed by atoms with Gasteiger partial charge in [-0.3, -0.25) is 9.36 Å². The molecular formula is C13H12IN5. The van der Waals surface area contributed by atoms with Crippen LogP contribution in [0.5, 0.6) is 0 Å². The highest BCUT2D eigenvalue weighted by molar-refractivity contribution is 14.1. The van der Waals surface area contributed by atoms with Crippen LogP contribution >= 0.6 is 22.6 Å². The van der Waals surface area contributed by atoms with Crippen LogP contribution in [0.2, 0.25) is 0 Å². The van der Waals surface area contributed by atoms with Crippen LogP contribution in [0, 0.1) is 3.57 Å². The zero-order valence-corrected chi connectivity index (χ0v) is 12.5. The molecule has 3 aromatic rings. The summed E-state index contributed by atoms with van der Waals surface area (Å²) in [6.45, 7) is 0.637. The van der Waals surface area contributed by atoms with Crippen LogP contribution in [0.4, 0.5) is 0 Å². The van der Waals surface area contributed by atoms with E-state index in [-0.39, 0.29) is 0 Å². The third-order valence-electron chi connectivity index (χ3n) is 2.78. The molecule has 0 aliphatic heterocycles. The second kappa shape index (κ2) is 5.12. The molecule has 0 aliphatic rings. The zero-order chi connectivity index (χ0) is 13.2. The first-order valence-electron chi connectivity index (χ1n) is 5.84. The van der Waals surface area contributed by atoms with E-state index in [1.54, 1.807) is 4.68 Å². The summed E-state index contributed by atoms with van der Waals surface area (Å²) < 4.78 is 4.80. The fourth-order valence-electron chi connectivity index (χ4n) is 1.88. The van der Waals surface area contributed by atoms with Gasteiger partial charge in [0.2, 0.25) is 0 Å². The van der Waals surface area contributed by atoms with E-state index < -0.39 is 0 Å². The Labute approximate surface area is 124 Å². The van der Waals surface area contributed by atoms with Crippen molar-refractivity contribution in [2.45, 2.75) is 6.54 Å². The van der Waals surface area contributed by atoms with Gasteiger partial charge in [-0.2, -0.15) is 5.10 Å². The van der Waals surface area contributed by atoms with Crippen LogP contribution in [0.3, 0.4) is 0 Å². The van der Waals surface area contributed by atoms with Crippen LogP contribution in [0.1, 0.15) is 5.69 Å². The molecule has 2 heterocycles. The second-order valence-corrected chi connectivity index (χ2v) is 5.56. The first kappa shape index (κ1) is 12.3. The number of rotatable bonds is 3. The molecule has 2 aromatic heterocycles. The maximum absolute atomic E-state index is 4.36. The SMILES string of the molecule is Cn1cc(Cn2cc(-c3ccc(I)cc3)cn2)nn1. The molecule has 0 saturated carbocycles. The molecule has 19 heavy (non-hydrogen) atoms. The molecule has 0 bridgehead atoms. The van der Waals surface area contributed by atoms with Crippen molar-refractivity contribution in [3.63, 3.8) is 0 Å². The van der Waals surface area contributed by atoms with Gasteiger partial charge in [-0.1, -0.05) is 17.3 Å². The van der Waals surface area contributed by atoms with E-state index in [1.807, 2.05) is 30.3 Å². The van der Waals surface area contributed by atoms with Crippen molar-refractivity contribution in [2.24, 2.45) is 7.05 Å². The second-order valence-electron chi connectivity index (χ2n) is 4.32. The fourth-order valence-corrected chi connectivity index (χ4v) is 2.23. The molecule has 0 N–H and O–H groups in total. The minimum atomic E-state index is 0.637. The summed E-state index contributed by atoms with van der Waals surface area (Å²) in [5.74, 6) is 0. The van der Waals surface area contributed by atoms with Crippen molar-refractivity contribution in [3.8, 4) is 11.1 Å². The minimum Gasteiger partial charge on any atom is -0.266 e. The lowest BCUT2D eigenvalue weighted by Crippen LogP contribution is -1.99. The van der Waals surface area contributed by atoms with Gasteiger partial charge in [0.1, 0.15) is 5.69 Å². The van der Waals surface area contributed by atoms with Crippen molar-refractivity contribution in [1.29, 1.82) is 0 Å². The van der Waals surface area contributed by atoms with E-state index in [4.69, 9.17) is 0 Å². The monoisotopic (exact) mass is 365 g/mol. The first-order chi connectivity index (χ1) is 9.20. The van der Waals surface area contributed by atoms with Crippen LogP contribution in [0.25, 0.3) is 11.1 Å².